The largest absolute Gasteiger partial charge is 0.480 e. The maximum atomic E-state index is 13.3. The number of nitro groups is 1. The van der Waals surface area contributed by atoms with Crippen molar-refractivity contribution in [3.8, 4) is 0 Å². The summed E-state index contributed by atoms with van der Waals surface area (Å²) < 4.78 is 13.3. The third-order valence-corrected chi connectivity index (χ3v) is 2.12. The molecule has 96 valence electrons. The van der Waals surface area contributed by atoms with Gasteiger partial charge in [0.1, 0.15) is 11.9 Å². The zero-order valence-corrected chi connectivity index (χ0v) is 9.21. The monoisotopic (exact) mass is 256 g/mol. The van der Waals surface area contributed by atoms with Crippen molar-refractivity contribution in [3.63, 3.8) is 0 Å². The molecule has 1 atom stereocenters. The fourth-order valence-corrected chi connectivity index (χ4v) is 1.14. The second-order valence-corrected chi connectivity index (χ2v) is 3.45. The van der Waals surface area contributed by atoms with Crippen LogP contribution in [0.15, 0.2) is 18.2 Å². The Labute approximate surface area is 100 Å². The third kappa shape index (κ3) is 3.00. The normalized spacial score (nSPS) is 11.7. The maximum absolute atomic E-state index is 13.3. The third-order valence-electron chi connectivity index (χ3n) is 2.12. The number of carboxylic acids is 1. The molecule has 0 heterocycles. The van der Waals surface area contributed by atoms with Crippen molar-refractivity contribution in [2.45, 2.75) is 13.0 Å². The van der Waals surface area contributed by atoms with E-state index in [1.54, 1.807) is 0 Å². The molecule has 1 aromatic carbocycles. The average molecular weight is 256 g/mol. The first-order valence-electron chi connectivity index (χ1n) is 4.80. The van der Waals surface area contributed by atoms with Crippen molar-refractivity contribution in [2.24, 2.45) is 0 Å². The summed E-state index contributed by atoms with van der Waals surface area (Å²) in [5, 5.41) is 21.0. The summed E-state index contributed by atoms with van der Waals surface area (Å²) in [6.07, 6.45) is 0. The number of nitro benzene ring substituents is 1. The van der Waals surface area contributed by atoms with E-state index in [1.807, 2.05) is 5.32 Å². The number of benzene rings is 1. The van der Waals surface area contributed by atoms with Crippen molar-refractivity contribution in [1.82, 2.24) is 5.32 Å². The molecule has 0 saturated heterocycles. The Morgan fingerprint density at radius 2 is 2.11 bits per heavy atom. The molecule has 0 aliphatic heterocycles. The number of non-ortho nitro benzene ring substituents is 1. The van der Waals surface area contributed by atoms with E-state index in [-0.39, 0.29) is 0 Å². The highest BCUT2D eigenvalue weighted by molar-refractivity contribution is 5.97. The Bertz CT molecular complexity index is 517. The first kappa shape index (κ1) is 13.6. The van der Waals surface area contributed by atoms with E-state index in [1.165, 1.54) is 6.92 Å². The van der Waals surface area contributed by atoms with Gasteiger partial charge >= 0.3 is 5.97 Å². The molecule has 1 unspecified atom stereocenters. The summed E-state index contributed by atoms with van der Waals surface area (Å²) in [4.78, 5) is 31.7. The molecule has 2 N–H and O–H groups in total. The second kappa shape index (κ2) is 5.21. The number of carbonyl (C=O) groups is 2. The van der Waals surface area contributed by atoms with E-state index in [4.69, 9.17) is 5.11 Å². The lowest BCUT2D eigenvalue weighted by molar-refractivity contribution is -0.384. The van der Waals surface area contributed by atoms with Crippen LogP contribution in [-0.4, -0.2) is 27.9 Å². The predicted octanol–water partition coefficient (Wildman–Crippen LogP) is 0.937. The number of halogens is 1. The van der Waals surface area contributed by atoms with E-state index >= 15 is 0 Å². The van der Waals surface area contributed by atoms with Crippen LogP contribution in [0.3, 0.4) is 0 Å². The molecular formula is C10H9FN2O5. The van der Waals surface area contributed by atoms with E-state index in [2.05, 4.69) is 0 Å². The van der Waals surface area contributed by atoms with Gasteiger partial charge in [0.25, 0.3) is 11.6 Å². The lowest BCUT2D eigenvalue weighted by Gasteiger charge is -2.09. The molecule has 1 aromatic rings. The predicted molar refractivity (Wildman–Crippen MR) is 57.6 cm³/mol. The van der Waals surface area contributed by atoms with Gasteiger partial charge in [-0.05, 0) is 13.0 Å². The van der Waals surface area contributed by atoms with E-state index in [0.29, 0.717) is 0 Å². The van der Waals surface area contributed by atoms with E-state index in [0.717, 1.165) is 18.2 Å². The van der Waals surface area contributed by atoms with Crippen molar-refractivity contribution in [3.05, 3.63) is 39.7 Å². The Morgan fingerprint density at radius 3 is 2.61 bits per heavy atom. The lowest BCUT2D eigenvalue weighted by Crippen LogP contribution is -2.38. The lowest BCUT2D eigenvalue weighted by atomic mass is 10.1. The van der Waals surface area contributed by atoms with Crippen LogP contribution in [0.25, 0.3) is 0 Å². The Balaban J connectivity index is 3.01. The van der Waals surface area contributed by atoms with E-state index in [9.17, 15) is 24.1 Å². The molecule has 8 heteroatoms. The second-order valence-electron chi connectivity index (χ2n) is 3.45. The van der Waals surface area contributed by atoms with Crippen molar-refractivity contribution >= 4 is 17.6 Å². The molecule has 0 spiro atoms. The van der Waals surface area contributed by atoms with Gasteiger partial charge in [0.15, 0.2) is 0 Å². The number of amides is 1. The fourth-order valence-electron chi connectivity index (χ4n) is 1.14. The Morgan fingerprint density at radius 1 is 1.50 bits per heavy atom. The molecule has 0 saturated carbocycles. The van der Waals surface area contributed by atoms with Crippen LogP contribution in [0, 0.1) is 15.9 Å². The molecule has 0 aliphatic carbocycles. The maximum Gasteiger partial charge on any atom is 0.325 e. The molecule has 0 fully saturated rings. The van der Waals surface area contributed by atoms with Crippen LogP contribution in [0.1, 0.15) is 17.3 Å². The van der Waals surface area contributed by atoms with Crippen molar-refractivity contribution < 1.29 is 24.0 Å². The van der Waals surface area contributed by atoms with Gasteiger partial charge in [0, 0.05) is 12.1 Å². The van der Waals surface area contributed by atoms with Gasteiger partial charge < -0.3 is 10.4 Å². The number of rotatable bonds is 4. The molecule has 7 nitrogen and oxygen atoms in total. The number of carboxylic acid groups (broad SMARTS) is 1. The number of hydrogen-bond acceptors (Lipinski definition) is 4. The summed E-state index contributed by atoms with van der Waals surface area (Å²) in [7, 11) is 0. The van der Waals surface area contributed by atoms with Crippen LogP contribution < -0.4 is 5.32 Å². The van der Waals surface area contributed by atoms with E-state index < -0.39 is 39.9 Å². The summed E-state index contributed by atoms with van der Waals surface area (Å²) in [6, 6.07) is 1.21. The number of carbonyl (C=O) groups excluding carboxylic acids is 1. The van der Waals surface area contributed by atoms with Crippen LogP contribution in [-0.2, 0) is 4.79 Å². The standard InChI is InChI=1S/C10H9FN2O5/c1-5(10(15)16)12-9(14)7-4-6(13(17)18)2-3-8(7)11/h2-5H,1H3,(H,12,14)(H,15,16). The zero-order chi connectivity index (χ0) is 13.9. The number of nitrogens with zero attached hydrogens (tertiary/aromatic N) is 1. The van der Waals surface area contributed by atoms with Gasteiger partial charge in [0.05, 0.1) is 10.5 Å². The summed E-state index contributed by atoms with van der Waals surface area (Å²) in [5.41, 5.74) is -1.03. The molecule has 18 heavy (non-hydrogen) atoms. The van der Waals surface area contributed by atoms with Gasteiger partial charge in [-0.15, -0.1) is 0 Å². The molecule has 1 rings (SSSR count). The SMILES string of the molecule is CC(NC(=O)c1cc([N+](=O)[O-])ccc1F)C(=O)O. The van der Waals surface area contributed by atoms with Crippen LogP contribution in [0.4, 0.5) is 10.1 Å². The van der Waals surface area contributed by atoms with Crippen LogP contribution in [0.2, 0.25) is 0 Å². The van der Waals surface area contributed by atoms with Crippen LogP contribution in [0.5, 0.6) is 0 Å². The minimum atomic E-state index is -1.30. The summed E-state index contributed by atoms with van der Waals surface area (Å²) in [6.45, 7) is 1.19. The molecule has 0 bridgehead atoms. The molecule has 0 radical (unpaired) electrons. The van der Waals surface area contributed by atoms with Crippen molar-refractivity contribution in [1.29, 1.82) is 0 Å². The van der Waals surface area contributed by atoms with Crippen molar-refractivity contribution in [2.75, 3.05) is 0 Å². The smallest absolute Gasteiger partial charge is 0.325 e. The Hall–Kier alpha value is -2.51. The average Bonchev–Trinajstić information content (AvgIpc) is 2.28. The van der Waals surface area contributed by atoms with Crippen LogP contribution >= 0.6 is 0 Å². The summed E-state index contributed by atoms with van der Waals surface area (Å²) >= 11 is 0. The fraction of sp³-hybridized carbons (Fsp3) is 0.200. The quantitative estimate of drug-likeness (QED) is 0.615. The minimum absolute atomic E-state index is 0.454. The first-order chi connectivity index (χ1) is 8.32. The highest BCUT2D eigenvalue weighted by atomic mass is 19.1. The van der Waals surface area contributed by atoms with Gasteiger partial charge in [-0.1, -0.05) is 0 Å². The number of aliphatic carboxylic acids is 1. The molecular weight excluding hydrogens is 247 g/mol. The van der Waals surface area contributed by atoms with Gasteiger partial charge in [0.2, 0.25) is 0 Å². The first-order valence-corrected chi connectivity index (χ1v) is 4.80. The zero-order valence-electron chi connectivity index (χ0n) is 9.21. The minimum Gasteiger partial charge on any atom is -0.480 e. The highest BCUT2D eigenvalue weighted by Gasteiger charge is 2.20. The molecule has 0 aromatic heterocycles. The highest BCUT2D eigenvalue weighted by Crippen LogP contribution is 2.16. The van der Waals surface area contributed by atoms with Gasteiger partial charge in [-0.3, -0.25) is 19.7 Å². The Kier molecular flexibility index (Phi) is 3.93. The van der Waals surface area contributed by atoms with Gasteiger partial charge in [-0.2, -0.15) is 0 Å². The van der Waals surface area contributed by atoms with Gasteiger partial charge in [-0.25, -0.2) is 4.39 Å². The summed E-state index contributed by atoms with van der Waals surface area (Å²) in [5.74, 6) is -3.28. The topological polar surface area (TPSA) is 110 Å². The molecule has 1 amide bonds. The number of hydrogen-bond donors (Lipinski definition) is 2. The number of nitrogens with one attached hydrogen (secondary N) is 1. The molecule has 0 aliphatic rings.